The molecular formula is C11H24BN. The minimum absolute atomic E-state index is 0.719. The molecule has 1 fully saturated rings. The van der Waals surface area contributed by atoms with Crippen molar-refractivity contribution < 1.29 is 0 Å². The van der Waals surface area contributed by atoms with E-state index in [0.29, 0.717) is 0 Å². The Morgan fingerprint density at radius 1 is 1.23 bits per heavy atom. The molecule has 0 amide bonds. The largest absolute Gasteiger partial charge is 0.373 e. The Hall–Kier alpha value is 0.0249. The van der Waals surface area contributed by atoms with Gasteiger partial charge in [-0.15, -0.1) is 0 Å². The Morgan fingerprint density at radius 3 is 2.38 bits per heavy atom. The van der Waals surface area contributed by atoms with E-state index in [1.165, 1.54) is 38.5 Å². The van der Waals surface area contributed by atoms with Crippen molar-refractivity contribution in [2.75, 3.05) is 0 Å². The lowest BCUT2D eigenvalue weighted by molar-refractivity contribution is 0.251. The van der Waals surface area contributed by atoms with Gasteiger partial charge < -0.3 is 5.64 Å². The Bertz CT molecular complexity index is 132. The van der Waals surface area contributed by atoms with E-state index in [1.807, 2.05) is 0 Å². The normalized spacial score (nSPS) is 23.9. The molecular weight excluding hydrogens is 157 g/mol. The fraction of sp³-hybridized carbons (Fsp3) is 1.00. The maximum Gasteiger partial charge on any atom is 0.201 e. The highest BCUT2D eigenvalue weighted by Crippen LogP contribution is 2.33. The first-order valence-electron chi connectivity index (χ1n) is 5.94. The van der Waals surface area contributed by atoms with E-state index < -0.39 is 0 Å². The molecule has 1 aliphatic rings. The Labute approximate surface area is 83.7 Å². The second kappa shape index (κ2) is 5.69. The summed E-state index contributed by atoms with van der Waals surface area (Å²) in [6.07, 6.45) is 8.67. The second-order valence-corrected chi connectivity index (χ2v) is 4.95. The molecule has 1 rings (SSSR count). The van der Waals surface area contributed by atoms with Crippen molar-refractivity contribution in [3.8, 4) is 0 Å². The van der Waals surface area contributed by atoms with Crippen LogP contribution in [0.25, 0.3) is 0 Å². The third kappa shape index (κ3) is 3.72. The minimum atomic E-state index is 0.719. The molecule has 2 heteroatoms. The van der Waals surface area contributed by atoms with Crippen LogP contribution < -0.4 is 5.64 Å². The van der Waals surface area contributed by atoms with Crippen LogP contribution >= 0.6 is 0 Å². The van der Waals surface area contributed by atoms with E-state index in [4.69, 9.17) is 5.64 Å². The number of nitrogens with two attached hydrogens (primary N) is 1. The molecule has 0 aromatic carbocycles. The predicted molar refractivity (Wildman–Crippen MR) is 61.1 cm³/mol. The highest BCUT2D eigenvalue weighted by atomic mass is 14.4. The van der Waals surface area contributed by atoms with Gasteiger partial charge in [0.25, 0.3) is 0 Å². The van der Waals surface area contributed by atoms with Crippen molar-refractivity contribution in [1.29, 1.82) is 0 Å². The molecule has 1 saturated carbocycles. The topological polar surface area (TPSA) is 26.0 Å². The third-order valence-electron chi connectivity index (χ3n) is 3.63. The fourth-order valence-electron chi connectivity index (χ4n) is 2.63. The SMILES string of the molecule is CC(BN)C[C@@H](C)C1CCCCC1. The van der Waals surface area contributed by atoms with Crippen molar-refractivity contribution in [3.05, 3.63) is 0 Å². The van der Waals surface area contributed by atoms with Crippen LogP contribution in [0.5, 0.6) is 0 Å². The van der Waals surface area contributed by atoms with Gasteiger partial charge in [-0.1, -0.05) is 58.2 Å². The van der Waals surface area contributed by atoms with Gasteiger partial charge in [-0.25, -0.2) is 0 Å². The van der Waals surface area contributed by atoms with Gasteiger partial charge in [0.05, 0.1) is 0 Å². The fourth-order valence-corrected chi connectivity index (χ4v) is 2.63. The summed E-state index contributed by atoms with van der Waals surface area (Å²) in [6, 6.07) is 0. The second-order valence-electron chi connectivity index (χ2n) is 4.95. The van der Waals surface area contributed by atoms with Crippen molar-refractivity contribution in [1.82, 2.24) is 0 Å². The molecule has 76 valence electrons. The maximum absolute atomic E-state index is 5.65. The Kier molecular flexibility index (Phi) is 4.86. The number of hydrogen-bond donors (Lipinski definition) is 1. The van der Waals surface area contributed by atoms with E-state index in [2.05, 4.69) is 13.8 Å². The van der Waals surface area contributed by atoms with E-state index in [0.717, 1.165) is 25.1 Å². The van der Waals surface area contributed by atoms with E-state index >= 15 is 0 Å². The van der Waals surface area contributed by atoms with Crippen LogP contribution in [0.1, 0.15) is 52.4 Å². The van der Waals surface area contributed by atoms with Crippen molar-refractivity contribution in [2.45, 2.75) is 58.2 Å². The predicted octanol–water partition coefficient (Wildman–Crippen LogP) is 2.71. The van der Waals surface area contributed by atoms with Crippen LogP contribution in [0.4, 0.5) is 0 Å². The summed E-state index contributed by atoms with van der Waals surface area (Å²) in [4.78, 5) is 0. The monoisotopic (exact) mass is 181 g/mol. The van der Waals surface area contributed by atoms with Gasteiger partial charge >= 0.3 is 0 Å². The lowest BCUT2D eigenvalue weighted by Crippen LogP contribution is -2.20. The van der Waals surface area contributed by atoms with E-state index in [-0.39, 0.29) is 0 Å². The zero-order chi connectivity index (χ0) is 9.68. The average Bonchev–Trinajstić information content (AvgIpc) is 2.19. The van der Waals surface area contributed by atoms with Crippen LogP contribution in [0.3, 0.4) is 0 Å². The zero-order valence-electron chi connectivity index (χ0n) is 9.26. The molecule has 0 bridgehead atoms. The minimum Gasteiger partial charge on any atom is -0.373 e. The van der Waals surface area contributed by atoms with Gasteiger partial charge in [0, 0.05) is 0 Å². The molecule has 1 aliphatic carbocycles. The lowest BCUT2D eigenvalue weighted by atomic mass is 9.69. The molecule has 0 aromatic heterocycles. The van der Waals surface area contributed by atoms with Crippen LogP contribution in [0.2, 0.25) is 5.82 Å². The maximum atomic E-state index is 5.65. The van der Waals surface area contributed by atoms with Gasteiger partial charge in [0.1, 0.15) is 0 Å². The molecule has 2 atom stereocenters. The molecule has 0 aliphatic heterocycles. The summed E-state index contributed by atoms with van der Waals surface area (Å²) in [5, 5.41) is 0. The van der Waals surface area contributed by atoms with Crippen LogP contribution in [0, 0.1) is 11.8 Å². The highest BCUT2D eigenvalue weighted by Gasteiger charge is 2.21. The first-order valence-corrected chi connectivity index (χ1v) is 5.94. The van der Waals surface area contributed by atoms with Gasteiger partial charge in [0.2, 0.25) is 7.41 Å². The molecule has 0 heterocycles. The summed E-state index contributed by atoms with van der Waals surface area (Å²) in [6.45, 7) is 4.70. The summed E-state index contributed by atoms with van der Waals surface area (Å²) in [7, 11) is 0.858. The average molecular weight is 181 g/mol. The quantitative estimate of drug-likeness (QED) is 0.663. The molecule has 0 radical (unpaired) electrons. The van der Waals surface area contributed by atoms with Crippen LogP contribution in [-0.4, -0.2) is 7.41 Å². The molecule has 0 saturated heterocycles. The van der Waals surface area contributed by atoms with Gasteiger partial charge in [0.15, 0.2) is 0 Å². The van der Waals surface area contributed by atoms with Crippen LogP contribution in [0.15, 0.2) is 0 Å². The number of hydrogen-bond acceptors (Lipinski definition) is 1. The number of rotatable bonds is 4. The first-order chi connectivity index (χ1) is 6.24. The van der Waals surface area contributed by atoms with Gasteiger partial charge in [-0.05, 0) is 11.8 Å². The van der Waals surface area contributed by atoms with E-state index in [1.54, 1.807) is 0 Å². The summed E-state index contributed by atoms with van der Waals surface area (Å²) in [5.41, 5.74) is 5.65. The summed E-state index contributed by atoms with van der Waals surface area (Å²) < 4.78 is 0. The van der Waals surface area contributed by atoms with Crippen molar-refractivity contribution >= 4 is 7.41 Å². The molecule has 0 aromatic rings. The lowest BCUT2D eigenvalue weighted by Gasteiger charge is -2.29. The highest BCUT2D eigenvalue weighted by molar-refractivity contribution is 6.32. The summed E-state index contributed by atoms with van der Waals surface area (Å²) in [5.74, 6) is 2.62. The Balaban J connectivity index is 2.24. The van der Waals surface area contributed by atoms with Gasteiger partial charge in [-0.3, -0.25) is 0 Å². The Morgan fingerprint density at radius 2 is 1.85 bits per heavy atom. The zero-order valence-corrected chi connectivity index (χ0v) is 9.26. The third-order valence-corrected chi connectivity index (χ3v) is 3.63. The first kappa shape index (κ1) is 11.1. The van der Waals surface area contributed by atoms with Crippen molar-refractivity contribution in [3.63, 3.8) is 0 Å². The molecule has 1 unspecified atom stereocenters. The standard InChI is InChI=1S/C11H24BN/c1-9(8-10(2)12-13)11-6-4-3-5-7-11/h9-12H,3-8,13H2,1-2H3/t9-,10?/m1/s1. The van der Waals surface area contributed by atoms with Gasteiger partial charge in [-0.2, -0.15) is 0 Å². The molecule has 0 spiro atoms. The summed E-state index contributed by atoms with van der Waals surface area (Å²) >= 11 is 0. The molecule has 2 N–H and O–H groups in total. The van der Waals surface area contributed by atoms with Crippen molar-refractivity contribution in [2.24, 2.45) is 17.5 Å². The smallest absolute Gasteiger partial charge is 0.201 e. The van der Waals surface area contributed by atoms with Crippen LogP contribution in [-0.2, 0) is 0 Å². The van der Waals surface area contributed by atoms with E-state index in [9.17, 15) is 0 Å². The molecule has 1 nitrogen and oxygen atoms in total. The molecule has 13 heavy (non-hydrogen) atoms.